The van der Waals surface area contributed by atoms with E-state index in [1.54, 1.807) is 0 Å². The molecule has 0 aromatic rings. The standard InChI is InChI=1S/C6H8O7.C4H7NO4.4Na.4H/c7-3(8)1-6(13,5(11)12)2-4(9)10;5-2(4(8)9)1-3(6)7;;;;;;;;/h13H,1-2H2,(H,7,8)(H,9,10)(H,11,12);2H,1,5H2,(H,6,7)(H,8,9);;;;;;;;. The zero-order valence-electron chi connectivity index (χ0n) is 11.0. The maximum absolute atomic E-state index is 10.3. The minimum absolute atomic E-state index is 0. The van der Waals surface area contributed by atoms with E-state index in [0.717, 1.165) is 0 Å². The number of carboxylic acid groups (broad SMARTS) is 5. The SMILES string of the molecule is NC(CC(=O)O)C(=O)O.O=C(O)CC(O)(CC(=O)O)C(=O)O.[NaH].[NaH].[NaH].[NaH]. The Morgan fingerprint density at radius 3 is 1.15 bits per heavy atom. The number of nitrogens with two attached hydrogens (primary N) is 1. The summed E-state index contributed by atoms with van der Waals surface area (Å²) < 4.78 is 0. The molecule has 0 fully saturated rings. The molecule has 0 radical (unpaired) electrons. The van der Waals surface area contributed by atoms with Gasteiger partial charge in [0.15, 0.2) is 5.60 Å². The van der Waals surface area contributed by atoms with E-state index in [1.807, 2.05) is 0 Å². The molecule has 134 valence electrons. The number of hydrogen-bond acceptors (Lipinski definition) is 7. The molecule has 0 saturated carbocycles. The van der Waals surface area contributed by atoms with Gasteiger partial charge in [0, 0.05) is 0 Å². The molecule has 0 rings (SSSR count). The van der Waals surface area contributed by atoms with Gasteiger partial charge in [-0.2, -0.15) is 0 Å². The number of carbonyl (C=O) groups is 5. The van der Waals surface area contributed by atoms with Gasteiger partial charge in [-0.3, -0.25) is 19.2 Å². The van der Waals surface area contributed by atoms with Crippen molar-refractivity contribution in [2.24, 2.45) is 5.73 Å². The first kappa shape index (κ1) is 41.6. The number of rotatable bonds is 8. The van der Waals surface area contributed by atoms with Crippen LogP contribution in [0.2, 0.25) is 0 Å². The zero-order valence-corrected chi connectivity index (χ0v) is 11.0. The van der Waals surface area contributed by atoms with Crippen LogP contribution in [-0.2, 0) is 24.0 Å². The Morgan fingerprint density at radius 2 is 1.04 bits per heavy atom. The van der Waals surface area contributed by atoms with Crippen molar-refractivity contribution in [2.45, 2.75) is 30.9 Å². The van der Waals surface area contributed by atoms with Gasteiger partial charge in [-0.05, 0) is 0 Å². The molecule has 0 aliphatic carbocycles. The Balaban J connectivity index is -0.0000000697. The second kappa shape index (κ2) is 21.0. The molecule has 0 aliphatic rings. The van der Waals surface area contributed by atoms with Gasteiger partial charge < -0.3 is 36.4 Å². The van der Waals surface area contributed by atoms with E-state index >= 15 is 0 Å². The third-order valence-corrected chi connectivity index (χ3v) is 2.00. The second-order valence-corrected chi connectivity index (χ2v) is 4.02. The molecule has 26 heavy (non-hydrogen) atoms. The van der Waals surface area contributed by atoms with Crippen molar-refractivity contribution in [1.29, 1.82) is 0 Å². The van der Waals surface area contributed by atoms with Crippen LogP contribution in [0.3, 0.4) is 0 Å². The molecule has 0 saturated heterocycles. The van der Waals surface area contributed by atoms with Crippen LogP contribution in [0.4, 0.5) is 0 Å². The average Bonchev–Trinajstić information content (AvgIpc) is 2.25. The summed E-state index contributed by atoms with van der Waals surface area (Å²) in [5.74, 6) is -7.52. The van der Waals surface area contributed by atoms with Crippen LogP contribution in [0.1, 0.15) is 19.3 Å². The third-order valence-electron chi connectivity index (χ3n) is 2.00. The van der Waals surface area contributed by atoms with E-state index < -0.39 is 60.8 Å². The summed E-state index contributed by atoms with van der Waals surface area (Å²) in [5, 5.41) is 49.8. The van der Waals surface area contributed by atoms with E-state index in [9.17, 15) is 24.0 Å². The Labute approximate surface area is 236 Å². The van der Waals surface area contributed by atoms with Gasteiger partial charge in [0.25, 0.3) is 0 Å². The van der Waals surface area contributed by atoms with E-state index in [-0.39, 0.29) is 118 Å². The topological polar surface area (TPSA) is 233 Å². The molecule has 12 nitrogen and oxygen atoms in total. The fourth-order valence-corrected chi connectivity index (χ4v) is 0.990. The van der Waals surface area contributed by atoms with Crippen LogP contribution in [0.15, 0.2) is 0 Å². The van der Waals surface area contributed by atoms with Gasteiger partial charge in [0.1, 0.15) is 6.04 Å². The fourth-order valence-electron chi connectivity index (χ4n) is 0.990. The predicted molar refractivity (Wildman–Crippen MR) is 93.6 cm³/mol. The number of hydrogen-bond donors (Lipinski definition) is 7. The summed E-state index contributed by atoms with van der Waals surface area (Å²) in [5.41, 5.74) is 2.10. The van der Waals surface area contributed by atoms with Gasteiger partial charge in [0.2, 0.25) is 0 Å². The van der Waals surface area contributed by atoms with Crippen LogP contribution in [0.25, 0.3) is 0 Å². The monoisotopic (exact) mass is 421 g/mol. The van der Waals surface area contributed by atoms with Crippen LogP contribution in [0.5, 0.6) is 0 Å². The fraction of sp³-hybridized carbons (Fsp3) is 0.500. The summed E-state index contributed by atoms with van der Waals surface area (Å²) in [7, 11) is 0. The number of aliphatic hydroxyl groups is 1. The quantitative estimate of drug-likeness (QED) is 0.183. The maximum atomic E-state index is 10.3. The van der Waals surface area contributed by atoms with Crippen LogP contribution >= 0.6 is 0 Å². The molecule has 1 unspecified atom stereocenters. The summed E-state index contributed by atoms with van der Waals surface area (Å²) in [6.45, 7) is 0. The van der Waals surface area contributed by atoms with Crippen molar-refractivity contribution < 1.29 is 54.6 Å². The van der Waals surface area contributed by atoms with E-state index in [1.165, 1.54) is 0 Å². The first-order valence-electron chi connectivity index (χ1n) is 5.41. The van der Waals surface area contributed by atoms with Gasteiger partial charge in [-0.25, -0.2) is 4.79 Å². The number of carboxylic acids is 5. The van der Waals surface area contributed by atoms with E-state index in [0.29, 0.717) is 0 Å². The van der Waals surface area contributed by atoms with Crippen molar-refractivity contribution in [3.63, 3.8) is 0 Å². The van der Waals surface area contributed by atoms with E-state index in [2.05, 4.69) is 0 Å². The van der Waals surface area contributed by atoms with Crippen molar-refractivity contribution in [1.82, 2.24) is 0 Å². The van der Waals surface area contributed by atoms with Gasteiger partial charge in [0.05, 0.1) is 19.3 Å². The molecule has 0 aromatic carbocycles. The summed E-state index contributed by atoms with van der Waals surface area (Å²) >= 11 is 0. The molecular weight excluding hydrogens is 402 g/mol. The Bertz CT molecular complexity index is 458. The molecule has 8 N–H and O–H groups in total. The van der Waals surface area contributed by atoms with Crippen molar-refractivity contribution in [3.8, 4) is 0 Å². The third kappa shape index (κ3) is 23.3. The van der Waals surface area contributed by atoms with Gasteiger partial charge in [-0.15, -0.1) is 0 Å². The Morgan fingerprint density at radius 1 is 0.731 bits per heavy atom. The molecular formula is C10H19NNa4O11. The first-order chi connectivity index (χ1) is 9.81. The average molecular weight is 421 g/mol. The Kier molecular flexibility index (Phi) is 33.6. The van der Waals surface area contributed by atoms with Gasteiger partial charge in [-0.1, -0.05) is 0 Å². The summed E-state index contributed by atoms with van der Waals surface area (Å²) in [6, 6.07) is -1.29. The van der Waals surface area contributed by atoms with Crippen molar-refractivity contribution in [2.75, 3.05) is 0 Å². The molecule has 0 amide bonds. The minimum atomic E-state index is -2.74. The normalized spacial score (nSPS) is 9.77. The summed E-state index contributed by atoms with van der Waals surface area (Å²) in [4.78, 5) is 50.1. The molecule has 0 aromatic heterocycles. The Hall–Kier alpha value is 1.27. The van der Waals surface area contributed by atoms with Crippen molar-refractivity contribution >= 4 is 148 Å². The first-order valence-corrected chi connectivity index (χ1v) is 5.41. The van der Waals surface area contributed by atoms with Crippen LogP contribution < -0.4 is 5.73 Å². The molecule has 0 spiro atoms. The zero-order chi connectivity index (χ0) is 18.1. The molecule has 0 bridgehead atoms. The molecule has 0 aliphatic heterocycles. The number of aliphatic carboxylic acids is 5. The van der Waals surface area contributed by atoms with Gasteiger partial charge >= 0.3 is 148 Å². The molecule has 0 heterocycles. The van der Waals surface area contributed by atoms with Crippen LogP contribution in [0, 0.1) is 0 Å². The molecule has 16 heteroatoms. The van der Waals surface area contributed by atoms with Crippen LogP contribution in [-0.4, -0.2) is 190 Å². The molecule has 1 atom stereocenters. The van der Waals surface area contributed by atoms with Crippen molar-refractivity contribution in [3.05, 3.63) is 0 Å². The van der Waals surface area contributed by atoms with E-state index in [4.69, 9.17) is 36.4 Å². The second-order valence-electron chi connectivity index (χ2n) is 4.02. The predicted octanol–water partition coefficient (Wildman–Crippen LogP) is -4.97. The summed E-state index contributed by atoms with van der Waals surface area (Å²) in [6.07, 6.45) is -2.82.